The van der Waals surface area contributed by atoms with E-state index in [1.807, 2.05) is 0 Å². The van der Waals surface area contributed by atoms with Gasteiger partial charge in [0.05, 0.1) is 6.61 Å². The molecule has 1 aromatic heterocycles. The van der Waals surface area contributed by atoms with Crippen LogP contribution in [0.4, 0.5) is 0 Å². The van der Waals surface area contributed by atoms with Gasteiger partial charge in [0.2, 0.25) is 12.0 Å². The van der Waals surface area contributed by atoms with Crippen LogP contribution in [0.3, 0.4) is 0 Å². The number of aliphatic hydroxyl groups excluding tert-OH is 4. The predicted octanol–water partition coefficient (Wildman–Crippen LogP) is -0.539. The average Bonchev–Trinajstić information content (AvgIpc) is 2.78. The summed E-state index contributed by atoms with van der Waals surface area (Å²) in [4.78, 5) is 12.9. The maximum Gasteiger partial charge on any atom is 0.229 e. The van der Waals surface area contributed by atoms with Gasteiger partial charge in [0, 0.05) is 17.7 Å². The van der Waals surface area contributed by atoms with Gasteiger partial charge in [-0.2, -0.15) is 0 Å². The Labute approximate surface area is 184 Å². The number of hydrogen-bond donors (Lipinski definition) is 8. The zero-order valence-corrected chi connectivity index (χ0v) is 16.7. The summed E-state index contributed by atoms with van der Waals surface area (Å²) in [5.41, 5.74) is -0.790. The van der Waals surface area contributed by atoms with Crippen LogP contribution < -0.4 is 10.2 Å². The van der Waals surface area contributed by atoms with Crippen molar-refractivity contribution in [2.24, 2.45) is 0 Å². The van der Waals surface area contributed by atoms with Crippen molar-refractivity contribution in [1.82, 2.24) is 0 Å². The van der Waals surface area contributed by atoms with Crippen LogP contribution in [-0.4, -0.2) is 78.2 Å². The molecule has 5 atom stereocenters. The molecule has 0 saturated carbocycles. The van der Waals surface area contributed by atoms with E-state index in [4.69, 9.17) is 13.9 Å². The van der Waals surface area contributed by atoms with Gasteiger partial charge in [-0.15, -0.1) is 0 Å². The Morgan fingerprint density at radius 3 is 2.27 bits per heavy atom. The van der Waals surface area contributed by atoms with Gasteiger partial charge in [-0.3, -0.25) is 4.79 Å². The lowest BCUT2D eigenvalue weighted by molar-refractivity contribution is -0.277. The molecule has 3 aromatic rings. The number of ether oxygens (including phenoxy) is 2. The monoisotopic (exact) mass is 464 g/mol. The molecule has 2 aromatic carbocycles. The van der Waals surface area contributed by atoms with Gasteiger partial charge >= 0.3 is 0 Å². The Kier molecular flexibility index (Phi) is 5.78. The second-order valence-electron chi connectivity index (χ2n) is 7.44. The molecule has 1 aliphatic rings. The molecule has 0 spiro atoms. The molecule has 0 aliphatic carbocycles. The van der Waals surface area contributed by atoms with E-state index < -0.39 is 65.7 Å². The van der Waals surface area contributed by atoms with Crippen LogP contribution in [0.1, 0.15) is 0 Å². The van der Waals surface area contributed by atoms with Crippen LogP contribution in [0, 0.1) is 0 Å². The average molecular weight is 464 g/mol. The van der Waals surface area contributed by atoms with Crippen molar-refractivity contribution in [1.29, 1.82) is 0 Å². The molecule has 4 rings (SSSR count). The van der Waals surface area contributed by atoms with Crippen LogP contribution in [0.15, 0.2) is 39.5 Å². The summed E-state index contributed by atoms with van der Waals surface area (Å²) in [6, 6.07) is 5.63. The molecule has 1 fully saturated rings. The third-order valence-corrected chi connectivity index (χ3v) is 5.27. The minimum atomic E-state index is -1.84. The summed E-state index contributed by atoms with van der Waals surface area (Å²) in [5, 5.41) is 78.6. The number of fused-ring (bicyclic) bond motifs is 1. The molecule has 12 heteroatoms. The number of hydrogen-bond acceptors (Lipinski definition) is 12. The number of benzene rings is 2. The Bertz CT molecular complexity index is 1250. The van der Waals surface area contributed by atoms with Gasteiger partial charge in [-0.25, -0.2) is 0 Å². The molecular weight excluding hydrogens is 444 g/mol. The Hall–Kier alpha value is -3.55. The molecule has 12 nitrogen and oxygen atoms in total. The van der Waals surface area contributed by atoms with Crippen LogP contribution >= 0.6 is 0 Å². The molecule has 1 saturated heterocycles. The van der Waals surface area contributed by atoms with E-state index in [0.717, 1.165) is 18.2 Å². The molecule has 0 radical (unpaired) electrons. The van der Waals surface area contributed by atoms with Gasteiger partial charge in [0.15, 0.2) is 28.4 Å². The minimum Gasteiger partial charge on any atom is -0.504 e. The van der Waals surface area contributed by atoms with Gasteiger partial charge < -0.3 is 54.7 Å². The number of aromatic hydroxyl groups is 4. The first-order valence-corrected chi connectivity index (χ1v) is 9.64. The highest BCUT2D eigenvalue weighted by Gasteiger charge is 2.45. The fourth-order valence-electron chi connectivity index (χ4n) is 3.48. The van der Waals surface area contributed by atoms with Gasteiger partial charge in [0.25, 0.3) is 0 Å². The highest BCUT2D eigenvalue weighted by Crippen LogP contribution is 2.43. The maximum absolute atomic E-state index is 12.9. The normalized spacial score (nSPS) is 25.3. The van der Waals surface area contributed by atoms with Crippen molar-refractivity contribution < 1.29 is 54.7 Å². The first kappa shape index (κ1) is 22.6. The first-order valence-electron chi connectivity index (χ1n) is 9.64. The van der Waals surface area contributed by atoms with E-state index >= 15 is 0 Å². The smallest absolute Gasteiger partial charge is 0.229 e. The molecule has 0 bridgehead atoms. The highest BCUT2D eigenvalue weighted by atomic mass is 16.7. The number of aliphatic hydroxyl groups is 4. The van der Waals surface area contributed by atoms with E-state index in [1.54, 1.807) is 0 Å². The zero-order chi connectivity index (χ0) is 24.0. The number of phenols is 4. The lowest BCUT2D eigenvalue weighted by Crippen LogP contribution is -2.60. The summed E-state index contributed by atoms with van der Waals surface area (Å²) >= 11 is 0. The topological polar surface area (TPSA) is 211 Å². The Morgan fingerprint density at radius 1 is 0.879 bits per heavy atom. The standard InChI is InChI=1S/C21H20O12/c22-6-14-17(28)18(29)19(30)21(32-14)33-20-15-10(25)4-12(7-1-2-8(23)9(24)3-7)31-13(15)5-11(26)16(20)27/h1-5,14,17-19,21-24,26-30H,6H2/t14-,17-,18+,19-,21+/m1/s1. The zero-order valence-electron chi connectivity index (χ0n) is 16.7. The fraction of sp³-hybridized carbons (Fsp3) is 0.286. The van der Waals surface area contributed by atoms with Crippen molar-refractivity contribution in [3.05, 3.63) is 40.6 Å². The lowest BCUT2D eigenvalue weighted by atomic mass is 9.99. The summed E-state index contributed by atoms with van der Waals surface area (Å²) in [7, 11) is 0. The fourth-order valence-corrected chi connectivity index (χ4v) is 3.48. The predicted molar refractivity (Wildman–Crippen MR) is 109 cm³/mol. The minimum absolute atomic E-state index is 0.0494. The van der Waals surface area contributed by atoms with Crippen molar-refractivity contribution in [3.8, 4) is 40.1 Å². The first-order chi connectivity index (χ1) is 15.6. The molecular formula is C21H20O12. The molecule has 176 valence electrons. The molecule has 2 heterocycles. The van der Waals surface area contributed by atoms with Crippen LogP contribution in [0.5, 0.6) is 28.7 Å². The van der Waals surface area contributed by atoms with Crippen molar-refractivity contribution in [2.75, 3.05) is 6.61 Å². The van der Waals surface area contributed by atoms with Gasteiger partial charge in [-0.05, 0) is 18.2 Å². The molecule has 8 N–H and O–H groups in total. The van der Waals surface area contributed by atoms with E-state index in [-0.39, 0.29) is 28.0 Å². The van der Waals surface area contributed by atoms with E-state index in [2.05, 4.69) is 0 Å². The highest BCUT2D eigenvalue weighted by molar-refractivity contribution is 5.89. The SMILES string of the molecule is O=c1cc(-c2ccc(O)c(O)c2)oc2cc(O)c(O)c(O[C@@H]3O[C@H](CO)[C@@H](O)[C@H](O)[C@H]3O)c12. The Balaban J connectivity index is 1.81. The largest absolute Gasteiger partial charge is 0.504 e. The van der Waals surface area contributed by atoms with E-state index in [0.29, 0.717) is 0 Å². The van der Waals surface area contributed by atoms with Crippen molar-refractivity contribution in [2.45, 2.75) is 30.7 Å². The van der Waals surface area contributed by atoms with Gasteiger partial charge in [-0.1, -0.05) is 0 Å². The summed E-state index contributed by atoms with van der Waals surface area (Å²) in [6.45, 7) is -0.734. The summed E-state index contributed by atoms with van der Waals surface area (Å²) < 4.78 is 16.3. The molecule has 0 unspecified atom stereocenters. The summed E-state index contributed by atoms with van der Waals surface area (Å²) in [6.07, 6.45) is -8.34. The molecule has 33 heavy (non-hydrogen) atoms. The number of rotatable bonds is 4. The molecule has 1 aliphatic heterocycles. The van der Waals surface area contributed by atoms with Crippen molar-refractivity contribution >= 4 is 11.0 Å². The van der Waals surface area contributed by atoms with E-state index in [9.17, 15) is 45.6 Å². The number of phenolic OH excluding ortho intramolecular Hbond substituents is 4. The van der Waals surface area contributed by atoms with E-state index in [1.165, 1.54) is 12.1 Å². The molecule has 0 amide bonds. The maximum atomic E-state index is 12.9. The van der Waals surface area contributed by atoms with Crippen molar-refractivity contribution in [3.63, 3.8) is 0 Å². The Morgan fingerprint density at radius 2 is 1.61 bits per heavy atom. The lowest BCUT2D eigenvalue weighted by Gasteiger charge is -2.39. The third-order valence-electron chi connectivity index (χ3n) is 5.27. The van der Waals surface area contributed by atoms with Crippen LogP contribution in [0.2, 0.25) is 0 Å². The third kappa shape index (κ3) is 3.90. The second-order valence-corrected chi connectivity index (χ2v) is 7.44. The second kappa shape index (κ2) is 8.42. The van der Waals surface area contributed by atoms with Crippen LogP contribution in [-0.2, 0) is 4.74 Å². The quantitative estimate of drug-likeness (QED) is 0.229. The van der Waals surface area contributed by atoms with Gasteiger partial charge in [0.1, 0.15) is 41.1 Å². The summed E-state index contributed by atoms with van der Waals surface area (Å²) in [5.74, 6) is -3.18. The van der Waals surface area contributed by atoms with Crippen LogP contribution in [0.25, 0.3) is 22.3 Å².